The monoisotopic (exact) mass is 1220 g/mol. The number of imidazole rings is 2. The number of amides is 4. The number of fused-ring (bicyclic) bond motifs is 2. The van der Waals surface area contributed by atoms with Crippen LogP contribution < -0.4 is 20.1 Å². The summed E-state index contributed by atoms with van der Waals surface area (Å²) >= 11 is 0. The minimum atomic E-state index is -4.59. The first kappa shape index (κ1) is 65.1. The summed E-state index contributed by atoms with van der Waals surface area (Å²) in [5.74, 6) is -0.839. The Bertz CT molecular complexity index is 3180. The lowest BCUT2D eigenvalue weighted by Crippen LogP contribution is -2.41. The SMILES string of the molecule is CCN(CCOC(=O)OCCN(CC)C(=O)O[C@H](C)CNC(=O)n1c(S(=O)Cc2nccc(OCC(F)(F)F)c2C)nc2c(C)cccc21)C(=O)O[C@H](C)CNC(=O)n1c(S(=O)Cc2nccc(OCC(F)(F)F)c2C)nc2c(C)cccc21. The molecule has 456 valence electrons. The molecule has 84 heavy (non-hydrogen) atoms. The zero-order valence-corrected chi connectivity index (χ0v) is 48.5. The highest BCUT2D eigenvalue weighted by Crippen LogP contribution is 2.29. The molecule has 4 aromatic heterocycles. The number of nitrogens with one attached hydrogen (secondary N) is 2. The van der Waals surface area contributed by atoms with Crippen LogP contribution in [-0.2, 0) is 52.1 Å². The van der Waals surface area contributed by atoms with E-state index in [0.29, 0.717) is 33.2 Å². The molecule has 2 aromatic carbocycles. The summed E-state index contributed by atoms with van der Waals surface area (Å²) in [6.07, 6.45) is -11.3. The third kappa shape index (κ3) is 17.5. The van der Waals surface area contributed by atoms with Crippen molar-refractivity contribution in [3.05, 3.63) is 94.6 Å². The van der Waals surface area contributed by atoms with Crippen LogP contribution in [0.3, 0.4) is 0 Å². The molecule has 2 N–H and O–H groups in total. The number of carbonyl (C=O) groups excluding carboxylic acids is 5. The van der Waals surface area contributed by atoms with Gasteiger partial charge in [-0.3, -0.25) is 18.4 Å². The van der Waals surface area contributed by atoms with Crippen LogP contribution in [0.4, 0.5) is 50.3 Å². The maximum atomic E-state index is 13.9. The standard InChI is InChI=1S/C53H62F6N10O13S2/c1-9-66(49(72)81-33(5)25-62-45(70)68-39-15-11-13-31(3)43(39)64-47(68)83(75)27-37-35(7)41(17-19-60-37)79-29-52(54,55)56)21-23-77-51(74)78-24-22-67(10-2)50(73)82-34(6)26-63-46(71)69-40-16-12-14-32(4)44(40)65-48(69)84(76)28-38-36(8)42(18-20-61-38)80-30-53(57,58)59/h11-20,33-34H,9-10,21-30H2,1-8H3,(H,62,70)(H,63,71)/t33-,34-,83?,84?/m1/s1. The third-order valence-electron chi connectivity index (χ3n) is 12.5. The van der Waals surface area contributed by atoms with Crippen molar-refractivity contribution in [2.45, 2.75) is 102 Å². The molecule has 2 unspecified atom stereocenters. The number of aromatic nitrogens is 6. The van der Waals surface area contributed by atoms with Crippen molar-refractivity contribution >= 4 is 74.1 Å². The van der Waals surface area contributed by atoms with E-state index in [1.54, 1.807) is 64.1 Å². The van der Waals surface area contributed by atoms with E-state index in [2.05, 4.69) is 30.6 Å². The van der Waals surface area contributed by atoms with Crippen molar-refractivity contribution in [3.63, 3.8) is 0 Å². The fourth-order valence-corrected chi connectivity index (χ4v) is 10.5. The molecule has 4 amide bonds. The zero-order valence-electron chi connectivity index (χ0n) is 46.9. The van der Waals surface area contributed by atoms with Gasteiger partial charge in [-0.15, -0.1) is 0 Å². The Hall–Kier alpha value is -8.09. The van der Waals surface area contributed by atoms with Crippen molar-refractivity contribution in [3.8, 4) is 11.5 Å². The van der Waals surface area contributed by atoms with Crippen molar-refractivity contribution < 1.29 is 87.2 Å². The maximum Gasteiger partial charge on any atom is 0.508 e. The van der Waals surface area contributed by atoms with Crippen LogP contribution in [0.25, 0.3) is 22.1 Å². The van der Waals surface area contributed by atoms with Gasteiger partial charge in [0.15, 0.2) is 13.2 Å². The lowest BCUT2D eigenvalue weighted by Gasteiger charge is -2.23. The van der Waals surface area contributed by atoms with Gasteiger partial charge in [-0.1, -0.05) is 24.3 Å². The molecule has 31 heteroatoms. The number of alkyl halides is 6. The van der Waals surface area contributed by atoms with E-state index in [1.165, 1.54) is 62.0 Å². The predicted molar refractivity (Wildman–Crippen MR) is 291 cm³/mol. The number of pyridine rings is 2. The van der Waals surface area contributed by atoms with Gasteiger partial charge in [-0.05, 0) is 90.8 Å². The van der Waals surface area contributed by atoms with E-state index in [0.717, 1.165) is 9.13 Å². The molecular formula is C53H62F6N10O13S2. The Morgan fingerprint density at radius 2 is 0.988 bits per heavy atom. The predicted octanol–water partition coefficient (Wildman–Crippen LogP) is 8.57. The van der Waals surface area contributed by atoms with Gasteiger partial charge in [0.2, 0.25) is 10.3 Å². The number of hydrogen-bond donors (Lipinski definition) is 2. The Labute approximate surface area is 482 Å². The normalized spacial score (nSPS) is 13.1. The second-order valence-electron chi connectivity index (χ2n) is 18.8. The molecule has 0 bridgehead atoms. The summed E-state index contributed by atoms with van der Waals surface area (Å²) < 4.78 is 138. The van der Waals surface area contributed by atoms with Gasteiger partial charge in [0.25, 0.3) is 0 Å². The summed E-state index contributed by atoms with van der Waals surface area (Å²) in [5.41, 5.74) is 3.46. The first-order chi connectivity index (χ1) is 39.7. The molecule has 4 atom stereocenters. The lowest BCUT2D eigenvalue weighted by atomic mass is 10.2. The molecule has 4 heterocycles. The van der Waals surface area contributed by atoms with Crippen molar-refractivity contribution in [2.75, 3.05) is 65.7 Å². The van der Waals surface area contributed by atoms with Crippen molar-refractivity contribution in [1.29, 1.82) is 0 Å². The Morgan fingerprint density at radius 3 is 1.35 bits per heavy atom. The fraction of sp³-hybridized carbons (Fsp3) is 0.453. The smallest absolute Gasteiger partial charge is 0.484 e. The van der Waals surface area contributed by atoms with Crippen LogP contribution in [-0.4, -0.2) is 168 Å². The highest BCUT2D eigenvalue weighted by atomic mass is 32.2. The highest BCUT2D eigenvalue weighted by Gasteiger charge is 2.32. The van der Waals surface area contributed by atoms with Gasteiger partial charge in [0.1, 0.15) is 36.9 Å². The number of rotatable bonds is 24. The van der Waals surface area contributed by atoms with E-state index < -0.39 is 89.8 Å². The summed E-state index contributed by atoms with van der Waals surface area (Å²) in [5, 5.41) is 4.98. The molecule has 0 saturated heterocycles. The number of benzene rings is 2. The molecule has 0 aliphatic rings. The second kappa shape index (κ2) is 28.9. The number of aryl methyl sites for hydroxylation is 2. The first-order valence-electron chi connectivity index (χ1n) is 26.0. The third-order valence-corrected chi connectivity index (χ3v) is 14.9. The highest BCUT2D eigenvalue weighted by molar-refractivity contribution is 7.84. The van der Waals surface area contributed by atoms with E-state index in [9.17, 15) is 58.7 Å². The zero-order chi connectivity index (χ0) is 61.6. The average Bonchev–Trinajstić information content (AvgIpc) is 4.16. The molecule has 0 aliphatic heterocycles. The summed E-state index contributed by atoms with van der Waals surface area (Å²) in [4.78, 5) is 86.1. The van der Waals surface area contributed by atoms with Gasteiger partial charge in [-0.2, -0.15) is 26.3 Å². The quantitative estimate of drug-likeness (QED) is 0.0326. The fourth-order valence-electron chi connectivity index (χ4n) is 8.03. The molecule has 0 radical (unpaired) electrons. The molecule has 0 spiro atoms. The summed E-state index contributed by atoms with van der Waals surface area (Å²) in [6.45, 7) is 8.60. The van der Waals surface area contributed by atoms with Gasteiger partial charge in [0, 0.05) is 36.6 Å². The maximum absolute atomic E-state index is 13.9. The van der Waals surface area contributed by atoms with Crippen LogP contribution in [0.1, 0.15) is 61.3 Å². The number of likely N-dealkylation sites (N-methyl/N-ethyl adjacent to an activating group) is 2. The molecule has 6 aromatic rings. The van der Waals surface area contributed by atoms with Crippen LogP contribution in [0, 0.1) is 27.7 Å². The Kier molecular flexibility index (Phi) is 22.4. The number of halogens is 6. The van der Waals surface area contributed by atoms with Crippen molar-refractivity contribution in [1.82, 2.24) is 49.5 Å². The molecule has 0 saturated carbocycles. The number of ether oxygens (including phenoxy) is 6. The Balaban J connectivity index is 0.938. The topological polar surface area (TPSA) is 267 Å². The van der Waals surface area contributed by atoms with E-state index >= 15 is 0 Å². The van der Waals surface area contributed by atoms with E-state index in [-0.39, 0.29) is 108 Å². The van der Waals surface area contributed by atoms with Gasteiger partial charge < -0.3 is 48.9 Å². The number of carbonyl (C=O) groups is 5. The number of hydrogen-bond acceptors (Lipinski definition) is 17. The number of nitrogens with zero attached hydrogens (tertiary/aromatic N) is 8. The average molecular weight is 1230 g/mol. The lowest BCUT2D eigenvalue weighted by molar-refractivity contribution is -0.154. The summed E-state index contributed by atoms with van der Waals surface area (Å²) in [7, 11) is -4.11. The summed E-state index contributed by atoms with van der Waals surface area (Å²) in [6, 6.07) is 11.0. The Morgan fingerprint density at radius 1 is 0.607 bits per heavy atom. The number of para-hydroxylation sites is 2. The minimum Gasteiger partial charge on any atom is -0.484 e. The molecular weight excluding hydrogens is 1160 g/mol. The van der Waals surface area contributed by atoms with Crippen LogP contribution in [0.2, 0.25) is 0 Å². The van der Waals surface area contributed by atoms with Gasteiger partial charge >= 0.3 is 42.8 Å². The van der Waals surface area contributed by atoms with Crippen LogP contribution in [0.5, 0.6) is 11.5 Å². The molecule has 0 aliphatic carbocycles. The van der Waals surface area contributed by atoms with Crippen LogP contribution >= 0.6 is 0 Å². The largest absolute Gasteiger partial charge is 0.508 e. The first-order valence-corrected chi connectivity index (χ1v) is 28.6. The van der Waals surface area contributed by atoms with E-state index in [1.807, 2.05) is 0 Å². The van der Waals surface area contributed by atoms with Crippen LogP contribution in [0.15, 0.2) is 71.2 Å². The molecule has 23 nitrogen and oxygen atoms in total. The molecule has 0 fully saturated rings. The van der Waals surface area contributed by atoms with Gasteiger partial charge in [-0.25, -0.2) is 43.1 Å². The van der Waals surface area contributed by atoms with Crippen molar-refractivity contribution in [2.24, 2.45) is 0 Å². The van der Waals surface area contributed by atoms with Gasteiger partial charge in [0.05, 0.1) is 92.7 Å². The minimum absolute atomic E-state index is 0.0999. The molecule has 6 rings (SSSR count). The van der Waals surface area contributed by atoms with E-state index in [4.69, 9.17) is 28.4 Å². The second-order valence-corrected chi connectivity index (χ2v) is 21.5.